The maximum Gasteiger partial charge on any atom is 0.331 e. The second-order valence-electron chi connectivity index (χ2n) is 9.64. The van der Waals surface area contributed by atoms with Crippen molar-refractivity contribution in [3.05, 3.63) is 39.2 Å². The maximum atomic E-state index is 12.6. The number of aromatic amines is 1. The number of nitrogens with zero attached hydrogens (tertiary/aromatic N) is 1. The van der Waals surface area contributed by atoms with E-state index in [0.29, 0.717) is 12.3 Å². The van der Waals surface area contributed by atoms with Crippen LogP contribution in [-0.4, -0.2) is 48.6 Å². The Balaban J connectivity index is 1.93. The summed E-state index contributed by atoms with van der Waals surface area (Å²) in [6, 6.07) is 1.31. The number of ether oxygens (including phenoxy) is 3. The van der Waals surface area contributed by atoms with Crippen molar-refractivity contribution in [3.63, 3.8) is 0 Å². The predicted molar refractivity (Wildman–Crippen MR) is 112 cm³/mol. The molecule has 1 aromatic rings. The fourth-order valence-electron chi connectivity index (χ4n) is 3.45. The van der Waals surface area contributed by atoms with Gasteiger partial charge < -0.3 is 18.6 Å². The molecule has 2 aliphatic rings. The Morgan fingerprint density at radius 3 is 2.48 bits per heavy atom. The van der Waals surface area contributed by atoms with Crippen molar-refractivity contribution in [3.8, 4) is 0 Å². The fraction of sp³-hybridized carbons (Fsp3) is 0.700. The summed E-state index contributed by atoms with van der Waals surface area (Å²) in [6.45, 7) is 18.6. The zero-order valence-corrected chi connectivity index (χ0v) is 19.3. The Bertz CT molecular complexity index is 897. The molecule has 9 heteroatoms. The highest BCUT2D eigenvalue weighted by molar-refractivity contribution is 6.74. The minimum Gasteiger partial charge on any atom is -0.414 e. The molecule has 0 aliphatic carbocycles. The summed E-state index contributed by atoms with van der Waals surface area (Å²) in [7, 11) is -2.00. The van der Waals surface area contributed by atoms with E-state index in [1.165, 1.54) is 16.7 Å². The van der Waals surface area contributed by atoms with Crippen molar-refractivity contribution in [2.45, 2.75) is 83.1 Å². The topological polar surface area (TPSA) is 91.8 Å². The van der Waals surface area contributed by atoms with E-state index in [9.17, 15) is 9.59 Å². The van der Waals surface area contributed by atoms with E-state index in [2.05, 4.69) is 45.4 Å². The fourth-order valence-corrected chi connectivity index (χ4v) is 4.46. The second kappa shape index (κ2) is 7.31. The number of nitrogens with one attached hydrogen (secondary N) is 1. The smallest absolute Gasteiger partial charge is 0.331 e. The van der Waals surface area contributed by atoms with Crippen molar-refractivity contribution in [2.24, 2.45) is 0 Å². The van der Waals surface area contributed by atoms with Crippen LogP contribution in [0.1, 0.15) is 46.5 Å². The molecule has 162 valence electrons. The van der Waals surface area contributed by atoms with Gasteiger partial charge in [-0.3, -0.25) is 14.3 Å². The zero-order valence-electron chi connectivity index (χ0n) is 18.3. The summed E-state index contributed by atoms with van der Waals surface area (Å²) in [6.07, 6.45) is -0.615. The summed E-state index contributed by atoms with van der Waals surface area (Å²) in [4.78, 5) is 26.6. The first kappa shape index (κ1) is 22.2. The zero-order chi connectivity index (χ0) is 21.8. The lowest BCUT2D eigenvalue weighted by Crippen LogP contribution is -2.44. The number of hydrogen-bond donors (Lipinski definition) is 1. The normalized spacial score (nSPS) is 29.1. The van der Waals surface area contributed by atoms with Gasteiger partial charge in [0, 0.05) is 6.07 Å². The molecule has 0 bridgehead atoms. The predicted octanol–water partition coefficient (Wildman–Crippen LogP) is 2.62. The molecule has 4 atom stereocenters. The first-order chi connectivity index (χ1) is 13.3. The Hall–Kier alpha value is -1.52. The largest absolute Gasteiger partial charge is 0.414 e. The van der Waals surface area contributed by atoms with Gasteiger partial charge in [0.1, 0.15) is 18.3 Å². The first-order valence-electron chi connectivity index (χ1n) is 9.89. The van der Waals surface area contributed by atoms with Crippen molar-refractivity contribution in [1.82, 2.24) is 9.55 Å². The van der Waals surface area contributed by atoms with E-state index in [4.69, 9.17) is 18.6 Å². The molecule has 1 N–H and O–H groups in total. The van der Waals surface area contributed by atoms with Gasteiger partial charge in [0.25, 0.3) is 5.56 Å². The number of hydrogen-bond acceptors (Lipinski definition) is 6. The van der Waals surface area contributed by atoms with Crippen LogP contribution in [0.4, 0.5) is 0 Å². The number of fused-ring (bicyclic) bond motifs is 1. The minimum atomic E-state index is -2.00. The van der Waals surface area contributed by atoms with E-state index in [1.807, 2.05) is 13.8 Å². The SMILES string of the molecule is C=Cc1cc(=O)[nH]c(=O)n1[C@@H]1O[C@H](CO[Si](C)(C)C(C)(C)C)[C@H]2OC(C)(C)O[C@H]21. The molecule has 0 amide bonds. The van der Waals surface area contributed by atoms with E-state index in [1.54, 1.807) is 0 Å². The standard InChI is InChI=1S/C20H32N2O6Si/c1-9-12-10-14(23)21-18(24)22(12)17-16-15(27-20(5,6)28-16)13(26-17)11-25-29(7,8)19(2,3)4/h9-10,13,15-17H,1,11H2,2-8H3,(H,21,23,24)/t13-,15-,16-,17-/m1/s1. The van der Waals surface area contributed by atoms with Crippen LogP contribution in [0.2, 0.25) is 18.1 Å². The van der Waals surface area contributed by atoms with Crippen molar-refractivity contribution in [1.29, 1.82) is 0 Å². The summed E-state index contributed by atoms with van der Waals surface area (Å²) in [5, 5.41) is 0.0581. The highest BCUT2D eigenvalue weighted by Crippen LogP contribution is 2.44. The van der Waals surface area contributed by atoms with Gasteiger partial charge in [0.2, 0.25) is 0 Å². The summed E-state index contributed by atoms with van der Waals surface area (Å²) >= 11 is 0. The lowest BCUT2D eigenvalue weighted by Gasteiger charge is -2.37. The molecule has 2 aliphatic heterocycles. The summed E-state index contributed by atoms with van der Waals surface area (Å²) < 4.78 is 26.1. The Morgan fingerprint density at radius 1 is 1.28 bits per heavy atom. The number of rotatable bonds is 5. The molecular weight excluding hydrogens is 392 g/mol. The van der Waals surface area contributed by atoms with Gasteiger partial charge in [-0.15, -0.1) is 0 Å². The third-order valence-electron chi connectivity index (χ3n) is 6.01. The van der Waals surface area contributed by atoms with Crippen LogP contribution in [0, 0.1) is 0 Å². The highest BCUT2D eigenvalue weighted by Gasteiger charge is 2.56. The van der Waals surface area contributed by atoms with E-state index < -0.39 is 49.9 Å². The van der Waals surface area contributed by atoms with E-state index >= 15 is 0 Å². The molecular formula is C20H32N2O6Si. The molecule has 3 heterocycles. The lowest BCUT2D eigenvalue weighted by atomic mass is 10.1. The van der Waals surface area contributed by atoms with Crippen molar-refractivity contribution < 1.29 is 18.6 Å². The van der Waals surface area contributed by atoms with Crippen molar-refractivity contribution in [2.75, 3.05) is 6.61 Å². The minimum absolute atomic E-state index is 0.0581. The van der Waals surface area contributed by atoms with Crippen LogP contribution < -0.4 is 11.2 Å². The summed E-state index contributed by atoms with van der Waals surface area (Å²) in [5.41, 5.74) is -0.699. The molecule has 0 radical (unpaired) electrons. The first-order valence-corrected chi connectivity index (χ1v) is 12.8. The molecule has 8 nitrogen and oxygen atoms in total. The molecule has 0 saturated carbocycles. The highest BCUT2D eigenvalue weighted by atomic mass is 28.4. The Kier molecular flexibility index (Phi) is 5.59. The van der Waals surface area contributed by atoms with Crippen LogP contribution in [-0.2, 0) is 18.6 Å². The lowest BCUT2D eigenvalue weighted by molar-refractivity contribution is -0.200. The molecule has 29 heavy (non-hydrogen) atoms. The van der Waals surface area contributed by atoms with Gasteiger partial charge in [-0.2, -0.15) is 0 Å². The number of aromatic nitrogens is 2. The third-order valence-corrected chi connectivity index (χ3v) is 10.5. The second-order valence-corrected chi connectivity index (χ2v) is 14.4. The molecule has 2 fully saturated rings. The average molecular weight is 425 g/mol. The number of H-pyrrole nitrogens is 1. The van der Waals surface area contributed by atoms with Gasteiger partial charge >= 0.3 is 5.69 Å². The van der Waals surface area contributed by atoms with Crippen molar-refractivity contribution >= 4 is 14.4 Å². The van der Waals surface area contributed by atoms with Crippen LogP contribution >= 0.6 is 0 Å². The van der Waals surface area contributed by atoms with Crippen LogP contribution in [0.3, 0.4) is 0 Å². The van der Waals surface area contributed by atoms with E-state index in [-0.39, 0.29) is 5.04 Å². The Morgan fingerprint density at radius 2 is 1.90 bits per heavy atom. The van der Waals surface area contributed by atoms with Gasteiger partial charge in [-0.1, -0.05) is 27.4 Å². The molecule has 2 saturated heterocycles. The van der Waals surface area contributed by atoms with Crippen LogP contribution in [0.15, 0.2) is 22.2 Å². The third kappa shape index (κ3) is 4.20. The molecule has 3 rings (SSSR count). The molecule has 0 spiro atoms. The van der Waals surface area contributed by atoms with Gasteiger partial charge in [0.05, 0.1) is 12.3 Å². The Labute approximate surface area is 172 Å². The van der Waals surface area contributed by atoms with E-state index in [0.717, 1.165) is 0 Å². The van der Waals surface area contributed by atoms with Gasteiger partial charge in [-0.05, 0) is 38.1 Å². The molecule has 0 unspecified atom stereocenters. The quantitative estimate of drug-likeness (QED) is 0.731. The molecule has 0 aromatic carbocycles. The maximum absolute atomic E-state index is 12.6. The van der Waals surface area contributed by atoms with Crippen LogP contribution in [0.25, 0.3) is 6.08 Å². The average Bonchev–Trinajstić information content (AvgIpc) is 3.04. The van der Waals surface area contributed by atoms with Gasteiger partial charge in [-0.25, -0.2) is 4.79 Å². The van der Waals surface area contributed by atoms with Crippen LogP contribution in [0.5, 0.6) is 0 Å². The van der Waals surface area contributed by atoms with Gasteiger partial charge in [0.15, 0.2) is 20.3 Å². The summed E-state index contributed by atoms with van der Waals surface area (Å²) in [5.74, 6) is -0.813. The monoisotopic (exact) mass is 424 g/mol. The molecule has 1 aromatic heterocycles.